The zero-order chi connectivity index (χ0) is 18.9. The Labute approximate surface area is 156 Å². The molecular weight excluding hydrogens is 330 g/mol. The maximum atomic E-state index is 12.5. The first-order valence-corrected chi connectivity index (χ1v) is 9.40. The van der Waals surface area contributed by atoms with Crippen LogP contribution in [-0.2, 0) is 27.4 Å². The van der Waals surface area contributed by atoms with Crippen LogP contribution in [0.15, 0.2) is 18.2 Å². The summed E-state index contributed by atoms with van der Waals surface area (Å²) in [5.41, 5.74) is 2.17. The molecule has 1 saturated heterocycles. The van der Waals surface area contributed by atoms with Crippen LogP contribution in [-0.4, -0.2) is 44.8 Å². The molecule has 0 bridgehead atoms. The van der Waals surface area contributed by atoms with E-state index in [0.717, 1.165) is 37.4 Å². The van der Waals surface area contributed by atoms with Gasteiger partial charge in [0, 0.05) is 31.8 Å². The van der Waals surface area contributed by atoms with Gasteiger partial charge in [-0.1, -0.05) is 19.9 Å². The average molecular weight is 361 g/mol. The number of methoxy groups -OCH3 is 2. The van der Waals surface area contributed by atoms with Gasteiger partial charge >= 0.3 is 5.97 Å². The van der Waals surface area contributed by atoms with E-state index in [9.17, 15) is 4.79 Å². The minimum atomic E-state index is -0.321. The number of rotatable bonds is 7. The van der Waals surface area contributed by atoms with E-state index in [0.29, 0.717) is 19.1 Å². The smallest absolute Gasteiger partial charge is 0.313 e. The summed E-state index contributed by atoms with van der Waals surface area (Å²) >= 11 is 0. The third-order valence-corrected chi connectivity index (χ3v) is 6.13. The fourth-order valence-corrected chi connectivity index (χ4v) is 5.10. The molecule has 0 N–H and O–H groups in total. The minimum Gasteiger partial charge on any atom is -0.496 e. The Bertz CT molecular complexity index is 672. The molecule has 0 aromatic heterocycles. The van der Waals surface area contributed by atoms with Crippen molar-refractivity contribution in [2.75, 3.05) is 33.9 Å². The molecule has 0 amide bonds. The lowest BCUT2D eigenvalue weighted by Gasteiger charge is -2.54. The van der Waals surface area contributed by atoms with Gasteiger partial charge in [-0.15, -0.1) is 0 Å². The monoisotopic (exact) mass is 361 g/mol. The van der Waals surface area contributed by atoms with Crippen LogP contribution >= 0.6 is 0 Å². The van der Waals surface area contributed by atoms with E-state index in [2.05, 4.69) is 30.9 Å². The molecule has 1 aliphatic carbocycles. The molecule has 0 radical (unpaired) electrons. The van der Waals surface area contributed by atoms with Crippen molar-refractivity contribution in [3.05, 3.63) is 29.3 Å². The highest BCUT2D eigenvalue weighted by atomic mass is 16.5. The second-order valence-electron chi connectivity index (χ2n) is 8.32. The Kier molecular flexibility index (Phi) is 5.31. The number of carbonyl (C=O) groups excluding carboxylic acids is 1. The summed E-state index contributed by atoms with van der Waals surface area (Å²) in [6.07, 6.45) is 0.909. The zero-order valence-corrected chi connectivity index (χ0v) is 16.6. The molecule has 26 heavy (non-hydrogen) atoms. The summed E-state index contributed by atoms with van der Waals surface area (Å²) in [6.45, 7) is 10.3. The predicted molar refractivity (Wildman–Crippen MR) is 99.9 cm³/mol. The minimum absolute atomic E-state index is 0.0453. The Balaban J connectivity index is 1.75. The SMILES string of the molecule is CCOCc1cc(CN2C[C@@H]3C(C)(C)C[C@]3(C(=O)OC)C2)ccc1OC. The highest BCUT2D eigenvalue weighted by molar-refractivity contribution is 5.80. The molecule has 1 aromatic carbocycles. The average Bonchev–Trinajstić information content (AvgIpc) is 2.94. The summed E-state index contributed by atoms with van der Waals surface area (Å²) < 4.78 is 16.2. The van der Waals surface area contributed by atoms with Gasteiger partial charge in [-0.2, -0.15) is 0 Å². The zero-order valence-electron chi connectivity index (χ0n) is 16.6. The van der Waals surface area contributed by atoms with E-state index in [-0.39, 0.29) is 16.8 Å². The lowest BCUT2D eigenvalue weighted by atomic mass is 9.48. The summed E-state index contributed by atoms with van der Waals surface area (Å²) in [5.74, 6) is 1.18. The second-order valence-corrected chi connectivity index (χ2v) is 8.32. The van der Waals surface area contributed by atoms with E-state index in [4.69, 9.17) is 14.2 Å². The van der Waals surface area contributed by atoms with Crippen LogP contribution in [0.1, 0.15) is 38.3 Å². The van der Waals surface area contributed by atoms with Crippen LogP contribution in [0, 0.1) is 16.7 Å². The van der Waals surface area contributed by atoms with Gasteiger partial charge in [-0.25, -0.2) is 0 Å². The second kappa shape index (κ2) is 7.20. The van der Waals surface area contributed by atoms with Gasteiger partial charge < -0.3 is 14.2 Å². The number of benzene rings is 1. The number of hydrogen-bond donors (Lipinski definition) is 0. The number of likely N-dealkylation sites (tertiary alicyclic amines) is 1. The summed E-state index contributed by atoms with van der Waals surface area (Å²) in [5, 5.41) is 0. The molecule has 3 rings (SSSR count). The third kappa shape index (κ3) is 3.23. The van der Waals surface area contributed by atoms with E-state index in [1.807, 2.05) is 13.0 Å². The van der Waals surface area contributed by atoms with Crippen molar-refractivity contribution in [3.8, 4) is 5.75 Å². The van der Waals surface area contributed by atoms with Crippen LogP contribution in [0.25, 0.3) is 0 Å². The molecule has 1 saturated carbocycles. The van der Waals surface area contributed by atoms with Crippen molar-refractivity contribution in [1.82, 2.24) is 4.90 Å². The first kappa shape index (κ1) is 19.2. The van der Waals surface area contributed by atoms with Crippen molar-refractivity contribution in [1.29, 1.82) is 0 Å². The maximum Gasteiger partial charge on any atom is 0.313 e. The van der Waals surface area contributed by atoms with Gasteiger partial charge in [0.05, 0.1) is 26.2 Å². The molecule has 2 atom stereocenters. The van der Waals surface area contributed by atoms with Gasteiger partial charge in [0.25, 0.3) is 0 Å². The van der Waals surface area contributed by atoms with Gasteiger partial charge in [0.2, 0.25) is 0 Å². The lowest BCUT2D eigenvalue weighted by Crippen LogP contribution is -2.57. The summed E-state index contributed by atoms with van der Waals surface area (Å²) in [4.78, 5) is 14.8. The Morgan fingerprint density at radius 1 is 1.31 bits per heavy atom. The Morgan fingerprint density at radius 2 is 2.08 bits per heavy atom. The standard InChI is InChI=1S/C21H31NO4/c1-6-26-12-16-9-15(7-8-17(16)24-4)10-22-11-18-20(2,3)13-21(18,14-22)19(23)25-5/h7-9,18H,6,10-14H2,1-5H3/t18-,21+/m1/s1. The largest absolute Gasteiger partial charge is 0.496 e. The molecule has 2 aliphatic rings. The predicted octanol–water partition coefficient (Wildman–Crippen LogP) is 3.25. The van der Waals surface area contributed by atoms with Gasteiger partial charge in [-0.05, 0) is 42.4 Å². The first-order valence-electron chi connectivity index (χ1n) is 9.40. The number of esters is 1. The van der Waals surface area contributed by atoms with Crippen LogP contribution in [0.3, 0.4) is 0 Å². The number of carbonyl (C=O) groups is 1. The molecule has 0 spiro atoms. The Morgan fingerprint density at radius 3 is 2.69 bits per heavy atom. The summed E-state index contributed by atoms with van der Waals surface area (Å²) in [6, 6.07) is 6.27. The van der Waals surface area contributed by atoms with Crippen LogP contribution in [0.2, 0.25) is 0 Å². The highest BCUT2D eigenvalue weighted by Gasteiger charge is 2.67. The van der Waals surface area contributed by atoms with E-state index in [1.165, 1.54) is 12.7 Å². The van der Waals surface area contributed by atoms with E-state index < -0.39 is 0 Å². The number of nitrogens with zero attached hydrogens (tertiary/aromatic N) is 1. The molecular formula is C21H31NO4. The number of hydrogen-bond acceptors (Lipinski definition) is 5. The van der Waals surface area contributed by atoms with Gasteiger partial charge in [0.1, 0.15) is 5.75 Å². The third-order valence-electron chi connectivity index (χ3n) is 6.13. The van der Waals surface area contributed by atoms with Crippen molar-refractivity contribution in [2.24, 2.45) is 16.7 Å². The first-order chi connectivity index (χ1) is 12.4. The Hall–Kier alpha value is -1.59. The fourth-order valence-electron chi connectivity index (χ4n) is 5.10. The molecule has 1 heterocycles. The maximum absolute atomic E-state index is 12.5. The van der Waals surface area contributed by atoms with Crippen LogP contribution in [0.5, 0.6) is 5.75 Å². The van der Waals surface area contributed by atoms with Crippen molar-refractivity contribution in [3.63, 3.8) is 0 Å². The molecule has 144 valence electrons. The molecule has 5 heteroatoms. The van der Waals surface area contributed by atoms with Crippen molar-refractivity contribution in [2.45, 2.75) is 40.3 Å². The van der Waals surface area contributed by atoms with Crippen molar-refractivity contribution < 1.29 is 19.0 Å². The van der Waals surface area contributed by atoms with Gasteiger partial charge in [0.15, 0.2) is 0 Å². The lowest BCUT2D eigenvalue weighted by molar-refractivity contribution is -0.174. The quantitative estimate of drug-likeness (QED) is 0.698. The van der Waals surface area contributed by atoms with Crippen molar-refractivity contribution >= 4 is 5.97 Å². The fraction of sp³-hybridized carbons (Fsp3) is 0.667. The van der Waals surface area contributed by atoms with E-state index in [1.54, 1.807) is 7.11 Å². The van der Waals surface area contributed by atoms with Crippen LogP contribution in [0.4, 0.5) is 0 Å². The highest BCUT2D eigenvalue weighted by Crippen LogP contribution is 2.63. The van der Waals surface area contributed by atoms with Crippen LogP contribution < -0.4 is 4.74 Å². The number of ether oxygens (including phenoxy) is 3. The molecule has 0 unspecified atom stereocenters. The summed E-state index contributed by atoms with van der Waals surface area (Å²) in [7, 11) is 3.19. The van der Waals surface area contributed by atoms with E-state index >= 15 is 0 Å². The molecule has 1 aliphatic heterocycles. The normalized spacial score (nSPS) is 26.9. The topological polar surface area (TPSA) is 48.0 Å². The number of fused-ring (bicyclic) bond motifs is 1. The molecule has 2 fully saturated rings. The molecule has 5 nitrogen and oxygen atoms in total. The molecule has 1 aromatic rings. The van der Waals surface area contributed by atoms with Gasteiger partial charge in [-0.3, -0.25) is 9.69 Å².